The number of ether oxygens (including phenoxy) is 1. The highest BCUT2D eigenvalue weighted by Gasteiger charge is 2.35. The number of nitrogens with zero attached hydrogens (tertiary/aromatic N) is 2. The van der Waals surface area contributed by atoms with Crippen molar-refractivity contribution in [3.63, 3.8) is 0 Å². The van der Waals surface area contributed by atoms with E-state index in [1.165, 1.54) is 5.56 Å². The maximum absolute atomic E-state index is 13.1. The summed E-state index contributed by atoms with van der Waals surface area (Å²) in [5.41, 5.74) is 2.30. The Morgan fingerprint density at radius 1 is 1.03 bits per heavy atom. The van der Waals surface area contributed by atoms with E-state index in [2.05, 4.69) is 34.5 Å². The third kappa shape index (κ3) is 5.93. The van der Waals surface area contributed by atoms with Crippen molar-refractivity contribution in [2.45, 2.75) is 18.9 Å². The van der Waals surface area contributed by atoms with Gasteiger partial charge in [-0.25, -0.2) is 0 Å². The Bertz CT molecular complexity index is 853. The summed E-state index contributed by atoms with van der Waals surface area (Å²) < 4.78 is 5.46. The normalized spacial score (nSPS) is 20.6. The maximum atomic E-state index is 13.1. The molecule has 0 aromatic heterocycles. The van der Waals surface area contributed by atoms with Crippen LogP contribution in [0.25, 0.3) is 0 Å². The fraction of sp³-hybridized carbons (Fsp3) is 0.440. The van der Waals surface area contributed by atoms with Crippen molar-refractivity contribution >= 4 is 11.8 Å². The van der Waals surface area contributed by atoms with Gasteiger partial charge in [0.05, 0.1) is 25.2 Å². The first-order chi connectivity index (χ1) is 15.2. The van der Waals surface area contributed by atoms with Crippen molar-refractivity contribution in [1.29, 1.82) is 0 Å². The lowest BCUT2D eigenvalue weighted by Crippen LogP contribution is -2.44. The molecule has 2 atom stereocenters. The summed E-state index contributed by atoms with van der Waals surface area (Å²) in [6.45, 7) is 5.09. The minimum atomic E-state index is -0.292. The summed E-state index contributed by atoms with van der Waals surface area (Å²) in [6.07, 6.45) is 1.10. The van der Waals surface area contributed by atoms with Crippen LogP contribution in [0.5, 0.6) is 0 Å². The van der Waals surface area contributed by atoms with Crippen molar-refractivity contribution in [2.24, 2.45) is 5.92 Å². The van der Waals surface area contributed by atoms with Crippen LogP contribution in [0.3, 0.4) is 0 Å². The molecule has 2 heterocycles. The molecule has 0 aliphatic carbocycles. The third-order valence-electron chi connectivity index (χ3n) is 6.16. The summed E-state index contributed by atoms with van der Waals surface area (Å²) in [5, 5.41) is 3.24. The van der Waals surface area contributed by atoms with Crippen LogP contribution in [0.4, 0.5) is 0 Å². The van der Waals surface area contributed by atoms with Crippen molar-refractivity contribution in [3.05, 3.63) is 71.8 Å². The Morgan fingerprint density at radius 3 is 2.42 bits per heavy atom. The molecule has 0 spiro atoms. The summed E-state index contributed by atoms with van der Waals surface area (Å²) >= 11 is 0. The van der Waals surface area contributed by atoms with Crippen LogP contribution in [0.2, 0.25) is 0 Å². The van der Waals surface area contributed by atoms with Crippen molar-refractivity contribution in [2.75, 3.05) is 45.9 Å². The standard InChI is InChI=1S/C25H31N3O3/c29-24-17-22(18-28(24)12-11-20-7-3-1-4-8-20)25(30)26-23(21-9-5-2-6-10-21)19-27-13-15-31-16-14-27/h1-10,22-23H,11-19H2,(H,26,30). The quantitative estimate of drug-likeness (QED) is 0.710. The van der Waals surface area contributed by atoms with Gasteiger partial charge in [-0.1, -0.05) is 60.7 Å². The van der Waals surface area contributed by atoms with Gasteiger partial charge in [0.15, 0.2) is 0 Å². The van der Waals surface area contributed by atoms with Gasteiger partial charge in [0.2, 0.25) is 11.8 Å². The molecule has 6 nitrogen and oxygen atoms in total. The lowest BCUT2D eigenvalue weighted by molar-refractivity contribution is -0.129. The number of hydrogen-bond acceptors (Lipinski definition) is 4. The van der Waals surface area contributed by atoms with Crippen LogP contribution in [0.15, 0.2) is 60.7 Å². The van der Waals surface area contributed by atoms with E-state index in [4.69, 9.17) is 4.74 Å². The number of morpholine rings is 1. The van der Waals surface area contributed by atoms with Crippen molar-refractivity contribution < 1.29 is 14.3 Å². The second kappa shape index (κ2) is 10.6. The zero-order valence-corrected chi connectivity index (χ0v) is 17.9. The monoisotopic (exact) mass is 421 g/mol. The van der Waals surface area contributed by atoms with Crippen LogP contribution in [-0.2, 0) is 20.7 Å². The first kappa shape index (κ1) is 21.5. The van der Waals surface area contributed by atoms with Gasteiger partial charge in [0, 0.05) is 39.1 Å². The molecule has 31 heavy (non-hydrogen) atoms. The summed E-state index contributed by atoms with van der Waals surface area (Å²) in [6, 6.07) is 20.1. The number of likely N-dealkylation sites (tertiary alicyclic amines) is 1. The van der Waals surface area contributed by atoms with Gasteiger partial charge in [0.25, 0.3) is 0 Å². The van der Waals surface area contributed by atoms with E-state index in [9.17, 15) is 9.59 Å². The van der Waals surface area contributed by atoms with E-state index in [1.54, 1.807) is 0 Å². The highest BCUT2D eigenvalue weighted by Crippen LogP contribution is 2.21. The Morgan fingerprint density at radius 2 is 1.71 bits per heavy atom. The summed E-state index contributed by atoms with van der Waals surface area (Å²) in [4.78, 5) is 29.8. The summed E-state index contributed by atoms with van der Waals surface area (Å²) in [7, 11) is 0. The maximum Gasteiger partial charge on any atom is 0.225 e. The number of carbonyl (C=O) groups excluding carboxylic acids is 2. The fourth-order valence-electron chi connectivity index (χ4n) is 4.32. The number of amides is 2. The third-order valence-corrected chi connectivity index (χ3v) is 6.16. The lowest BCUT2D eigenvalue weighted by atomic mass is 10.0. The zero-order chi connectivity index (χ0) is 21.5. The molecule has 2 aliphatic rings. The van der Waals surface area contributed by atoms with Crippen LogP contribution < -0.4 is 5.32 Å². The number of carbonyl (C=O) groups is 2. The molecule has 6 heteroatoms. The molecule has 2 amide bonds. The van der Waals surface area contributed by atoms with E-state index < -0.39 is 0 Å². The molecule has 0 saturated carbocycles. The van der Waals surface area contributed by atoms with E-state index >= 15 is 0 Å². The lowest BCUT2D eigenvalue weighted by Gasteiger charge is -2.31. The highest BCUT2D eigenvalue weighted by atomic mass is 16.5. The first-order valence-electron chi connectivity index (χ1n) is 11.2. The van der Waals surface area contributed by atoms with Gasteiger partial charge < -0.3 is 15.0 Å². The van der Waals surface area contributed by atoms with Crippen molar-refractivity contribution in [3.8, 4) is 0 Å². The predicted octanol–water partition coefficient (Wildman–Crippen LogP) is 2.27. The number of hydrogen-bond donors (Lipinski definition) is 1. The zero-order valence-electron chi connectivity index (χ0n) is 17.9. The molecule has 1 N–H and O–H groups in total. The summed E-state index contributed by atoms with van der Waals surface area (Å²) in [5.74, 6) is -0.252. The average molecular weight is 422 g/mol. The van der Waals surface area contributed by atoms with E-state index in [0.29, 0.717) is 19.5 Å². The first-order valence-corrected chi connectivity index (χ1v) is 11.2. The number of rotatable bonds is 8. The predicted molar refractivity (Wildman–Crippen MR) is 119 cm³/mol. The molecule has 2 aliphatic heterocycles. The number of benzene rings is 2. The Hall–Kier alpha value is -2.70. The smallest absolute Gasteiger partial charge is 0.225 e. The fourth-order valence-corrected chi connectivity index (χ4v) is 4.32. The van der Waals surface area contributed by atoms with E-state index in [1.807, 2.05) is 41.3 Å². The molecular weight excluding hydrogens is 390 g/mol. The topological polar surface area (TPSA) is 61.9 Å². The molecule has 2 aromatic rings. The molecular formula is C25H31N3O3. The van der Waals surface area contributed by atoms with Crippen LogP contribution in [-0.4, -0.2) is 67.6 Å². The molecule has 2 fully saturated rings. The Balaban J connectivity index is 1.35. The Kier molecular flexibility index (Phi) is 7.33. The van der Waals surface area contributed by atoms with Crippen LogP contribution >= 0.6 is 0 Å². The Labute approximate surface area is 184 Å². The highest BCUT2D eigenvalue weighted by molar-refractivity contribution is 5.89. The van der Waals surface area contributed by atoms with Gasteiger partial charge in [-0.15, -0.1) is 0 Å². The van der Waals surface area contributed by atoms with Crippen LogP contribution in [0.1, 0.15) is 23.6 Å². The molecule has 2 aromatic carbocycles. The number of nitrogens with one attached hydrogen (secondary N) is 1. The van der Waals surface area contributed by atoms with E-state index in [-0.39, 0.29) is 23.8 Å². The molecule has 2 saturated heterocycles. The second-order valence-corrected chi connectivity index (χ2v) is 8.36. The molecule has 0 radical (unpaired) electrons. The largest absolute Gasteiger partial charge is 0.379 e. The molecule has 0 bridgehead atoms. The van der Waals surface area contributed by atoms with E-state index in [0.717, 1.165) is 44.8 Å². The molecule has 2 unspecified atom stereocenters. The average Bonchev–Trinajstić information content (AvgIpc) is 3.20. The van der Waals surface area contributed by atoms with Crippen LogP contribution in [0, 0.1) is 5.92 Å². The van der Waals surface area contributed by atoms with Gasteiger partial charge in [-0.2, -0.15) is 0 Å². The SMILES string of the molecule is O=C(NC(CN1CCOCC1)c1ccccc1)C1CC(=O)N(CCc2ccccc2)C1. The second-order valence-electron chi connectivity index (χ2n) is 8.36. The molecule has 164 valence electrons. The minimum absolute atomic E-state index is 0.0299. The van der Waals surface area contributed by atoms with Crippen molar-refractivity contribution in [1.82, 2.24) is 15.1 Å². The van der Waals surface area contributed by atoms with Gasteiger partial charge in [0.1, 0.15) is 0 Å². The van der Waals surface area contributed by atoms with Gasteiger partial charge in [-0.05, 0) is 17.5 Å². The molecule has 4 rings (SSSR count). The van der Waals surface area contributed by atoms with Gasteiger partial charge >= 0.3 is 0 Å². The van der Waals surface area contributed by atoms with Gasteiger partial charge in [-0.3, -0.25) is 14.5 Å². The minimum Gasteiger partial charge on any atom is -0.379 e.